The average molecular weight is 269 g/mol. The molecule has 2 aromatic carbocycles. The third-order valence-corrected chi connectivity index (χ3v) is 3.49. The molecule has 94 valence electrons. The Kier molecular flexibility index (Phi) is 2.88. The summed E-state index contributed by atoms with van der Waals surface area (Å²) in [5.41, 5.74) is 9.17. The van der Waals surface area contributed by atoms with Crippen LogP contribution in [0.5, 0.6) is 0 Å². The fourth-order valence-corrected chi connectivity index (χ4v) is 2.40. The SMILES string of the molecule is Cc1ccc(Cl)cc1-c1ccc2cc(N)ncc2c1. The van der Waals surface area contributed by atoms with Gasteiger partial charge in [0.05, 0.1) is 0 Å². The van der Waals surface area contributed by atoms with E-state index in [1.54, 1.807) is 6.20 Å². The predicted molar refractivity (Wildman–Crippen MR) is 81.3 cm³/mol. The van der Waals surface area contributed by atoms with Crippen molar-refractivity contribution in [3.8, 4) is 11.1 Å². The van der Waals surface area contributed by atoms with Gasteiger partial charge in [-0.2, -0.15) is 0 Å². The Morgan fingerprint density at radius 1 is 1.00 bits per heavy atom. The molecule has 0 aliphatic carbocycles. The van der Waals surface area contributed by atoms with Crippen molar-refractivity contribution in [3.63, 3.8) is 0 Å². The van der Waals surface area contributed by atoms with Gasteiger partial charge in [-0.25, -0.2) is 4.98 Å². The van der Waals surface area contributed by atoms with Crippen LogP contribution >= 0.6 is 11.6 Å². The van der Waals surface area contributed by atoms with Crippen LogP contribution in [-0.4, -0.2) is 4.98 Å². The maximum atomic E-state index is 6.08. The summed E-state index contributed by atoms with van der Waals surface area (Å²) in [4.78, 5) is 4.13. The molecule has 0 unspecified atom stereocenters. The van der Waals surface area contributed by atoms with Gasteiger partial charge >= 0.3 is 0 Å². The Balaban J connectivity index is 2.20. The Morgan fingerprint density at radius 2 is 1.84 bits per heavy atom. The van der Waals surface area contributed by atoms with E-state index >= 15 is 0 Å². The number of nitrogens with two attached hydrogens (primary N) is 1. The molecular formula is C16H13ClN2. The topological polar surface area (TPSA) is 38.9 Å². The quantitative estimate of drug-likeness (QED) is 0.708. The Morgan fingerprint density at radius 3 is 2.68 bits per heavy atom. The van der Waals surface area contributed by atoms with E-state index in [1.807, 2.05) is 24.3 Å². The lowest BCUT2D eigenvalue weighted by Gasteiger charge is -2.08. The van der Waals surface area contributed by atoms with E-state index in [0.717, 1.165) is 26.9 Å². The van der Waals surface area contributed by atoms with Crippen molar-refractivity contribution in [2.24, 2.45) is 0 Å². The van der Waals surface area contributed by atoms with Crippen molar-refractivity contribution in [1.82, 2.24) is 4.98 Å². The van der Waals surface area contributed by atoms with Crippen molar-refractivity contribution in [2.75, 3.05) is 5.73 Å². The van der Waals surface area contributed by atoms with Crippen molar-refractivity contribution in [2.45, 2.75) is 6.92 Å². The molecule has 0 fully saturated rings. The number of fused-ring (bicyclic) bond motifs is 1. The molecule has 1 aromatic heterocycles. The summed E-state index contributed by atoms with van der Waals surface area (Å²) in [5.74, 6) is 0.541. The normalized spacial score (nSPS) is 10.8. The number of anilines is 1. The molecule has 0 saturated heterocycles. The van der Waals surface area contributed by atoms with E-state index in [9.17, 15) is 0 Å². The van der Waals surface area contributed by atoms with Gasteiger partial charge in [0.25, 0.3) is 0 Å². The van der Waals surface area contributed by atoms with E-state index in [2.05, 4.69) is 30.1 Å². The molecule has 3 rings (SSSR count). The number of rotatable bonds is 1. The summed E-state index contributed by atoms with van der Waals surface area (Å²) in [5, 5.41) is 2.91. The second kappa shape index (κ2) is 4.56. The summed E-state index contributed by atoms with van der Waals surface area (Å²) in [7, 11) is 0. The van der Waals surface area contributed by atoms with E-state index in [4.69, 9.17) is 17.3 Å². The van der Waals surface area contributed by atoms with Crippen LogP contribution in [0.1, 0.15) is 5.56 Å². The number of halogens is 1. The second-order valence-electron chi connectivity index (χ2n) is 4.63. The summed E-state index contributed by atoms with van der Waals surface area (Å²) < 4.78 is 0. The molecule has 0 spiro atoms. The minimum Gasteiger partial charge on any atom is -0.384 e. The monoisotopic (exact) mass is 268 g/mol. The molecule has 3 heteroatoms. The molecule has 3 aromatic rings. The molecule has 0 amide bonds. The van der Waals surface area contributed by atoms with E-state index < -0.39 is 0 Å². The van der Waals surface area contributed by atoms with Crippen LogP contribution in [0.2, 0.25) is 5.02 Å². The van der Waals surface area contributed by atoms with Gasteiger partial charge in [0.2, 0.25) is 0 Å². The van der Waals surface area contributed by atoms with E-state index in [1.165, 1.54) is 5.56 Å². The van der Waals surface area contributed by atoms with Crippen LogP contribution in [-0.2, 0) is 0 Å². The van der Waals surface area contributed by atoms with Crippen LogP contribution in [0.15, 0.2) is 48.7 Å². The molecule has 0 saturated carbocycles. The molecule has 0 atom stereocenters. The zero-order valence-electron chi connectivity index (χ0n) is 10.5. The first-order valence-electron chi connectivity index (χ1n) is 6.05. The Hall–Kier alpha value is -2.06. The zero-order chi connectivity index (χ0) is 13.4. The van der Waals surface area contributed by atoms with Crippen molar-refractivity contribution in [3.05, 3.63) is 59.2 Å². The molecule has 2 N–H and O–H groups in total. The molecule has 2 nitrogen and oxygen atoms in total. The number of aromatic nitrogens is 1. The lowest BCUT2D eigenvalue weighted by atomic mass is 9.98. The summed E-state index contributed by atoms with van der Waals surface area (Å²) in [6, 6.07) is 14.1. The average Bonchev–Trinajstić information content (AvgIpc) is 2.41. The molecule has 0 aliphatic rings. The summed E-state index contributed by atoms with van der Waals surface area (Å²) in [6.07, 6.45) is 1.80. The first-order valence-corrected chi connectivity index (χ1v) is 6.43. The van der Waals surface area contributed by atoms with Crippen molar-refractivity contribution in [1.29, 1.82) is 0 Å². The number of benzene rings is 2. The summed E-state index contributed by atoms with van der Waals surface area (Å²) >= 11 is 6.08. The van der Waals surface area contributed by atoms with Crippen LogP contribution in [0.4, 0.5) is 5.82 Å². The predicted octanol–water partition coefficient (Wildman–Crippen LogP) is 4.45. The van der Waals surface area contributed by atoms with Crippen LogP contribution in [0, 0.1) is 6.92 Å². The highest BCUT2D eigenvalue weighted by atomic mass is 35.5. The number of aryl methyl sites for hydroxylation is 1. The van der Waals surface area contributed by atoms with Gasteiger partial charge in [0, 0.05) is 16.6 Å². The number of pyridine rings is 1. The van der Waals surface area contributed by atoms with E-state index in [-0.39, 0.29) is 0 Å². The van der Waals surface area contributed by atoms with Crippen LogP contribution in [0.3, 0.4) is 0 Å². The Labute approximate surface area is 116 Å². The first kappa shape index (κ1) is 12.0. The highest BCUT2D eigenvalue weighted by Gasteiger charge is 2.04. The fourth-order valence-electron chi connectivity index (χ4n) is 2.23. The highest BCUT2D eigenvalue weighted by molar-refractivity contribution is 6.30. The highest BCUT2D eigenvalue weighted by Crippen LogP contribution is 2.29. The van der Waals surface area contributed by atoms with Gasteiger partial charge in [-0.1, -0.05) is 29.8 Å². The lowest BCUT2D eigenvalue weighted by molar-refractivity contribution is 1.37. The number of hydrogen-bond acceptors (Lipinski definition) is 2. The first-order chi connectivity index (χ1) is 9.13. The van der Waals surface area contributed by atoms with Gasteiger partial charge in [0.15, 0.2) is 0 Å². The third kappa shape index (κ3) is 2.27. The second-order valence-corrected chi connectivity index (χ2v) is 5.07. The van der Waals surface area contributed by atoms with Crippen LogP contribution in [0.25, 0.3) is 21.9 Å². The van der Waals surface area contributed by atoms with E-state index in [0.29, 0.717) is 5.82 Å². The minimum atomic E-state index is 0.541. The van der Waals surface area contributed by atoms with Crippen LogP contribution < -0.4 is 5.73 Å². The molecule has 0 bridgehead atoms. The fraction of sp³-hybridized carbons (Fsp3) is 0.0625. The number of hydrogen-bond donors (Lipinski definition) is 1. The zero-order valence-corrected chi connectivity index (χ0v) is 11.3. The molecular weight excluding hydrogens is 256 g/mol. The number of nitrogen functional groups attached to an aromatic ring is 1. The lowest BCUT2D eigenvalue weighted by Crippen LogP contribution is -1.89. The van der Waals surface area contributed by atoms with Gasteiger partial charge in [-0.3, -0.25) is 0 Å². The maximum absolute atomic E-state index is 6.08. The smallest absolute Gasteiger partial charge is 0.123 e. The molecule has 1 heterocycles. The van der Waals surface area contributed by atoms with Gasteiger partial charge in [-0.05, 0) is 53.3 Å². The number of nitrogens with zero attached hydrogens (tertiary/aromatic N) is 1. The van der Waals surface area contributed by atoms with Gasteiger partial charge < -0.3 is 5.73 Å². The molecule has 19 heavy (non-hydrogen) atoms. The minimum absolute atomic E-state index is 0.541. The van der Waals surface area contributed by atoms with Gasteiger partial charge in [0.1, 0.15) is 5.82 Å². The van der Waals surface area contributed by atoms with Gasteiger partial charge in [-0.15, -0.1) is 0 Å². The standard InChI is InChI=1S/C16H13ClN2/c1-10-2-5-14(17)8-15(10)12-4-3-11-7-16(18)19-9-13(11)6-12/h2-9H,1H3,(H2,18,19). The van der Waals surface area contributed by atoms with Crippen molar-refractivity contribution >= 4 is 28.2 Å². The summed E-state index contributed by atoms with van der Waals surface area (Å²) in [6.45, 7) is 2.08. The Bertz CT molecular complexity index is 766. The van der Waals surface area contributed by atoms with Crippen molar-refractivity contribution < 1.29 is 0 Å². The largest absolute Gasteiger partial charge is 0.384 e. The molecule has 0 radical (unpaired) electrons. The molecule has 0 aliphatic heterocycles. The maximum Gasteiger partial charge on any atom is 0.123 e. The third-order valence-electron chi connectivity index (χ3n) is 3.25.